The van der Waals surface area contributed by atoms with Crippen LogP contribution >= 0.6 is 0 Å². The van der Waals surface area contributed by atoms with Gasteiger partial charge in [-0.3, -0.25) is 14.5 Å². The zero-order valence-electron chi connectivity index (χ0n) is 18.1. The number of hydrogen-bond donors (Lipinski definition) is 4. The summed E-state index contributed by atoms with van der Waals surface area (Å²) in [6.45, 7) is 8.89. The number of benzene rings is 1. The minimum atomic E-state index is -1.84. The summed E-state index contributed by atoms with van der Waals surface area (Å²) in [5, 5.41) is 24.7. The summed E-state index contributed by atoms with van der Waals surface area (Å²) in [7, 11) is 0. The van der Waals surface area contributed by atoms with E-state index >= 15 is 0 Å². The van der Waals surface area contributed by atoms with Gasteiger partial charge in [-0.2, -0.15) is 0 Å². The molecule has 1 fully saturated rings. The maximum Gasteiger partial charge on any atom is 0.405 e. The molecule has 1 aliphatic rings. The lowest BCUT2D eigenvalue weighted by Crippen LogP contribution is -2.61. The highest BCUT2D eigenvalue weighted by molar-refractivity contribution is 5.97. The molecule has 1 aliphatic heterocycles. The van der Waals surface area contributed by atoms with E-state index in [2.05, 4.69) is 10.6 Å². The first-order valence-corrected chi connectivity index (χ1v) is 10.3. The molecule has 30 heavy (non-hydrogen) atoms. The van der Waals surface area contributed by atoms with Gasteiger partial charge < -0.3 is 20.8 Å². The monoisotopic (exact) mass is 419 g/mol. The molecule has 8 heteroatoms. The quantitative estimate of drug-likeness (QED) is 0.511. The van der Waals surface area contributed by atoms with Gasteiger partial charge >= 0.3 is 6.09 Å². The van der Waals surface area contributed by atoms with Crippen molar-refractivity contribution in [3.8, 4) is 0 Å². The SMILES string of the molecule is C[C@@H](NC(=O)C(O)[C@H](NC(=O)O)C(=O)C(N1CCCC1)C(C)(C)C)c1ccccc1. The molecule has 0 bridgehead atoms. The lowest BCUT2D eigenvalue weighted by Gasteiger charge is -2.39. The molecule has 4 N–H and O–H groups in total. The molecule has 0 aromatic heterocycles. The first-order valence-electron chi connectivity index (χ1n) is 10.3. The number of nitrogens with zero attached hydrogens (tertiary/aromatic N) is 1. The van der Waals surface area contributed by atoms with Crippen LogP contribution in [0.3, 0.4) is 0 Å². The maximum atomic E-state index is 13.4. The fourth-order valence-corrected chi connectivity index (χ4v) is 4.04. The average molecular weight is 420 g/mol. The van der Waals surface area contributed by atoms with E-state index < -0.39 is 47.4 Å². The van der Waals surface area contributed by atoms with Crippen molar-refractivity contribution in [2.45, 2.75) is 64.8 Å². The lowest BCUT2D eigenvalue weighted by atomic mass is 9.80. The standard InChI is InChI=1S/C22H33N3O5/c1-14(15-10-6-5-7-11-15)23-20(28)18(27)16(24-21(29)30)17(26)19(22(2,3)4)25-12-8-9-13-25/h5-7,10-11,14,16,18-19,24,27H,8-9,12-13H2,1-4H3,(H,23,28)(H,29,30)/t14-,16-,18?,19?/m1/s1. The van der Waals surface area contributed by atoms with Crippen molar-refractivity contribution in [2.75, 3.05) is 13.1 Å². The van der Waals surface area contributed by atoms with E-state index in [0.29, 0.717) is 0 Å². The van der Waals surface area contributed by atoms with Gasteiger partial charge in [0, 0.05) is 0 Å². The molecule has 8 nitrogen and oxygen atoms in total. The predicted octanol–water partition coefficient (Wildman–Crippen LogP) is 1.94. The van der Waals surface area contributed by atoms with Gasteiger partial charge in [-0.15, -0.1) is 0 Å². The van der Waals surface area contributed by atoms with Gasteiger partial charge in [0.25, 0.3) is 5.91 Å². The van der Waals surface area contributed by atoms with Crippen LogP contribution in [0.15, 0.2) is 30.3 Å². The molecule has 1 aromatic carbocycles. The van der Waals surface area contributed by atoms with Gasteiger partial charge in [0.05, 0.1) is 12.1 Å². The summed E-state index contributed by atoms with van der Waals surface area (Å²) in [5.74, 6) is -1.30. The number of aliphatic hydroxyl groups is 1. The summed E-state index contributed by atoms with van der Waals surface area (Å²) in [6.07, 6.45) is -1.40. The first-order chi connectivity index (χ1) is 14.0. The van der Waals surface area contributed by atoms with E-state index in [1.807, 2.05) is 56.0 Å². The number of Topliss-reactive ketones (excluding diaryl/α,β-unsaturated/α-hetero) is 1. The third kappa shape index (κ3) is 6.03. The van der Waals surface area contributed by atoms with Crippen molar-refractivity contribution >= 4 is 17.8 Å². The number of carbonyl (C=O) groups excluding carboxylic acids is 2. The Bertz CT molecular complexity index is 741. The summed E-state index contributed by atoms with van der Waals surface area (Å²) in [5.41, 5.74) is 0.338. The van der Waals surface area contributed by atoms with E-state index in [9.17, 15) is 24.6 Å². The molecule has 2 unspecified atom stereocenters. The molecule has 2 amide bonds. The minimum Gasteiger partial charge on any atom is -0.465 e. The van der Waals surface area contributed by atoms with Gasteiger partial charge in [0.2, 0.25) is 0 Å². The third-order valence-corrected chi connectivity index (χ3v) is 5.42. The Labute approximate surface area is 177 Å². The number of amides is 2. The topological polar surface area (TPSA) is 119 Å². The van der Waals surface area contributed by atoms with E-state index in [-0.39, 0.29) is 0 Å². The van der Waals surface area contributed by atoms with Crippen LogP contribution in [0.1, 0.15) is 52.1 Å². The van der Waals surface area contributed by atoms with Gasteiger partial charge in [0.1, 0.15) is 6.04 Å². The van der Waals surface area contributed by atoms with E-state index in [0.717, 1.165) is 31.5 Å². The number of likely N-dealkylation sites (tertiary alicyclic amines) is 1. The van der Waals surface area contributed by atoms with Crippen LogP contribution in [-0.2, 0) is 9.59 Å². The average Bonchev–Trinajstić information content (AvgIpc) is 3.18. The molecule has 0 radical (unpaired) electrons. The second kappa shape index (κ2) is 10.0. The highest BCUT2D eigenvalue weighted by atomic mass is 16.4. The smallest absolute Gasteiger partial charge is 0.405 e. The Morgan fingerprint density at radius 3 is 2.10 bits per heavy atom. The zero-order chi connectivity index (χ0) is 22.5. The number of nitrogens with one attached hydrogen (secondary N) is 2. The number of hydrogen-bond acceptors (Lipinski definition) is 5. The van der Waals surface area contributed by atoms with Crippen LogP contribution in [0, 0.1) is 5.41 Å². The zero-order valence-corrected chi connectivity index (χ0v) is 18.1. The van der Waals surface area contributed by atoms with Gasteiger partial charge in [0.15, 0.2) is 11.9 Å². The highest BCUT2D eigenvalue weighted by Gasteiger charge is 2.44. The van der Waals surface area contributed by atoms with Crippen LogP contribution in [0.25, 0.3) is 0 Å². The second-order valence-corrected chi connectivity index (χ2v) is 8.93. The van der Waals surface area contributed by atoms with Crippen LogP contribution in [0.4, 0.5) is 4.79 Å². The molecule has 1 aromatic rings. The van der Waals surface area contributed by atoms with Gasteiger partial charge in [-0.25, -0.2) is 4.79 Å². The molecule has 0 aliphatic carbocycles. The van der Waals surface area contributed by atoms with Crippen molar-refractivity contribution in [3.05, 3.63) is 35.9 Å². The van der Waals surface area contributed by atoms with Crippen LogP contribution in [0.5, 0.6) is 0 Å². The highest BCUT2D eigenvalue weighted by Crippen LogP contribution is 2.29. The molecule has 166 valence electrons. The molecular weight excluding hydrogens is 386 g/mol. The number of rotatable bonds is 8. The van der Waals surface area contributed by atoms with Crippen molar-refractivity contribution in [3.63, 3.8) is 0 Å². The predicted molar refractivity (Wildman–Crippen MR) is 113 cm³/mol. The van der Waals surface area contributed by atoms with Crippen molar-refractivity contribution in [1.82, 2.24) is 15.5 Å². The van der Waals surface area contributed by atoms with E-state index in [1.54, 1.807) is 6.92 Å². The van der Waals surface area contributed by atoms with Crippen molar-refractivity contribution in [2.24, 2.45) is 5.41 Å². The summed E-state index contributed by atoms with van der Waals surface area (Å²) >= 11 is 0. The molecule has 1 heterocycles. The van der Waals surface area contributed by atoms with Crippen LogP contribution < -0.4 is 10.6 Å². The molecule has 0 spiro atoms. The summed E-state index contributed by atoms with van der Waals surface area (Å²) in [4.78, 5) is 39.5. The van der Waals surface area contributed by atoms with Crippen molar-refractivity contribution in [1.29, 1.82) is 0 Å². The second-order valence-electron chi connectivity index (χ2n) is 8.93. The number of carbonyl (C=O) groups is 3. The number of carboxylic acid groups (broad SMARTS) is 1. The fraction of sp³-hybridized carbons (Fsp3) is 0.591. The number of aliphatic hydroxyl groups excluding tert-OH is 1. The Kier molecular flexibility index (Phi) is 7.97. The molecule has 4 atom stereocenters. The van der Waals surface area contributed by atoms with Gasteiger partial charge in [-0.05, 0) is 43.8 Å². The molecular formula is C22H33N3O5. The maximum absolute atomic E-state index is 13.4. The Morgan fingerprint density at radius 1 is 1.03 bits per heavy atom. The van der Waals surface area contributed by atoms with E-state index in [4.69, 9.17) is 0 Å². The van der Waals surface area contributed by atoms with Crippen LogP contribution in [0.2, 0.25) is 0 Å². The minimum absolute atomic E-state index is 0.411. The normalized spacial score (nSPS) is 18.8. The Hall–Kier alpha value is -2.45. The molecule has 1 saturated heterocycles. The molecule has 0 saturated carbocycles. The van der Waals surface area contributed by atoms with Crippen molar-refractivity contribution < 1.29 is 24.6 Å². The van der Waals surface area contributed by atoms with E-state index in [1.165, 1.54) is 0 Å². The first kappa shape index (κ1) is 23.8. The molecule has 2 rings (SSSR count). The largest absolute Gasteiger partial charge is 0.465 e. The lowest BCUT2D eigenvalue weighted by molar-refractivity contribution is -0.140. The van der Waals surface area contributed by atoms with Crippen LogP contribution in [-0.4, -0.2) is 64.2 Å². The Morgan fingerprint density at radius 2 is 1.60 bits per heavy atom. The fourth-order valence-electron chi connectivity index (χ4n) is 4.04. The van der Waals surface area contributed by atoms with Gasteiger partial charge in [-0.1, -0.05) is 51.1 Å². The summed E-state index contributed by atoms with van der Waals surface area (Å²) < 4.78 is 0. The summed E-state index contributed by atoms with van der Waals surface area (Å²) in [6, 6.07) is 6.58. The third-order valence-electron chi connectivity index (χ3n) is 5.42. The Balaban J connectivity index is 2.22. The number of ketones is 1.